The van der Waals surface area contributed by atoms with Gasteiger partial charge in [0.05, 0.1) is 13.2 Å². The lowest BCUT2D eigenvalue weighted by Crippen LogP contribution is -2.42. The summed E-state index contributed by atoms with van der Waals surface area (Å²) in [5, 5.41) is 21.7. The molecule has 27 heavy (non-hydrogen) atoms. The van der Waals surface area contributed by atoms with Gasteiger partial charge in [-0.3, -0.25) is 0 Å². The van der Waals surface area contributed by atoms with E-state index in [1.165, 1.54) is 4.90 Å². The van der Waals surface area contributed by atoms with Crippen LogP contribution in [0, 0.1) is 5.41 Å². The van der Waals surface area contributed by atoms with Gasteiger partial charge >= 0.3 is 0 Å². The first-order valence-corrected chi connectivity index (χ1v) is 8.90. The number of likely N-dealkylation sites (tertiary alicyclic amines) is 1. The molecule has 144 valence electrons. The summed E-state index contributed by atoms with van der Waals surface area (Å²) in [6.45, 7) is 4.07. The average Bonchev–Trinajstić information content (AvgIpc) is 3.02. The molecule has 0 bridgehead atoms. The van der Waals surface area contributed by atoms with E-state index in [2.05, 4.69) is 0 Å². The number of carboxylic acid groups (broad SMARTS) is 1. The lowest BCUT2D eigenvalue weighted by molar-refractivity contribution is -0.264. The van der Waals surface area contributed by atoms with Crippen molar-refractivity contribution in [1.82, 2.24) is 4.90 Å². The van der Waals surface area contributed by atoms with Crippen molar-refractivity contribution in [2.45, 2.75) is 25.9 Å². The zero-order valence-corrected chi connectivity index (χ0v) is 15.7. The molecular formula is C21H24NO5-. The van der Waals surface area contributed by atoms with E-state index in [0.29, 0.717) is 17.2 Å². The van der Waals surface area contributed by atoms with Crippen molar-refractivity contribution in [3.05, 3.63) is 54.1 Å². The number of ether oxygens (including phenoxy) is 2. The molecule has 3 atom stereocenters. The van der Waals surface area contributed by atoms with E-state index in [1.54, 1.807) is 20.1 Å². The molecule has 0 saturated carbocycles. The Labute approximate surface area is 159 Å². The van der Waals surface area contributed by atoms with Crippen molar-refractivity contribution >= 4 is 6.09 Å². The molecule has 3 unspecified atom stereocenters. The Morgan fingerprint density at radius 1 is 1.26 bits per heavy atom. The number of hydrogen-bond acceptors (Lipinski definition) is 5. The Kier molecular flexibility index (Phi) is 5.28. The van der Waals surface area contributed by atoms with E-state index < -0.39 is 17.6 Å². The number of nitrogens with zero attached hydrogens (tertiary/aromatic N) is 1. The highest BCUT2D eigenvalue weighted by Crippen LogP contribution is 2.47. The lowest BCUT2D eigenvalue weighted by Gasteiger charge is -2.34. The number of hydrogen-bond donors (Lipinski definition) is 1. The van der Waals surface area contributed by atoms with Crippen LogP contribution in [-0.2, 0) is 0 Å². The van der Waals surface area contributed by atoms with Gasteiger partial charge in [-0.1, -0.05) is 31.2 Å². The summed E-state index contributed by atoms with van der Waals surface area (Å²) < 4.78 is 11.4. The van der Waals surface area contributed by atoms with Gasteiger partial charge in [-0.25, -0.2) is 0 Å². The van der Waals surface area contributed by atoms with Gasteiger partial charge in [0.15, 0.2) is 11.5 Å². The third-order valence-electron chi connectivity index (χ3n) is 5.50. The molecule has 2 aromatic carbocycles. The Hall–Kier alpha value is -2.73. The summed E-state index contributed by atoms with van der Waals surface area (Å²) in [7, 11) is 1.57. The Morgan fingerprint density at radius 2 is 1.96 bits per heavy atom. The molecule has 6 heteroatoms. The van der Waals surface area contributed by atoms with Crippen LogP contribution in [0.25, 0.3) is 0 Å². The Morgan fingerprint density at radius 3 is 2.56 bits per heavy atom. The van der Waals surface area contributed by atoms with Crippen LogP contribution in [0.4, 0.5) is 4.79 Å². The van der Waals surface area contributed by atoms with Crippen LogP contribution in [0.15, 0.2) is 48.5 Å². The van der Waals surface area contributed by atoms with Crippen LogP contribution in [0.3, 0.4) is 0 Å². The molecule has 1 amide bonds. The van der Waals surface area contributed by atoms with E-state index in [0.717, 1.165) is 5.56 Å². The predicted octanol–water partition coefficient (Wildman–Crippen LogP) is 2.62. The summed E-state index contributed by atoms with van der Waals surface area (Å²) in [5.74, 6) is 1.60. The van der Waals surface area contributed by atoms with Gasteiger partial charge < -0.3 is 29.4 Å². The van der Waals surface area contributed by atoms with E-state index in [9.17, 15) is 15.0 Å². The molecule has 1 N–H and O–H groups in total. The summed E-state index contributed by atoms with van der Waals surface area (Å²) in [5.41, 5.74) is 0.257. The molecule has 1 fully saturated rings. The number of carbonyl (C=O) groups excluding carboxylic acids is 1. The maximum Gasteiger partial charge on any atom is 0.169 e. The van der Waals surface area contributed by atoms with Crippen molar-refractivity contribution in [3.63, 3.8) is 0 Å². The summed E-state index contributed by atoms with van der Waals surface area (Å²) in [6.07, 6.45) is -1.91. The summed E-state index contributed by atoms with van der Waals surface area (Å²) in [4.78, 5) is 12.6. The van der Waals surface area contributed by atoms with Crippen molar-refractivity contribution < 1.29 is 24.5 Å². The minimum atomic E-state index is -1.22. The fraction of sp³-hybridized carbons (Fsp3) is 0.381. The van der Waals surface area contributed by atoms with E-state index in [-0.39, 0.29) is 19.0 Å². The van der Waals surface area contributed by atoms with E-state index in [1.807, 2.05) is 49.4 Å². The molecule has 0 spiro atoms. The smallest absolute Gasteiger partial charge is 0.169 e. The fourth-order valence-corrected chi connectivity index (χ4v) is 3.67. The number of methoxy groups -OCH3 is 1. The average molecular weight is 370 g/mol. The predicted molar refractivity (Wildman–Crippen MR) is 99.0 cm³/mol. The second-order valence-electron chi connectivity index (χ2n) is 7.21. The highest BCUT2D eigenvalue weighted by molar-refractivity contribution is 5.63. The van der Waals surface area contributed by atoms with Crippen LogP contribution in [0.1, 0.15) is 25.3 Å². The minimum absolute atomic E-state index is 0.195. The van der Waals surface area contributed by atoms with Gasteiger partial charge in [0, 0.05) is 24.4 Å². The number of benzene rings is 2. The number of rotatable bonds is 5. The first-order valence-electron chi connectivity index (χ1n) is 8.90. The van der Waals surface area contributed by atoms with Crippen LogP contribution >= 0.6 is 0 Å². The van der Waals surface area contributed by atoms with Crippen molar-refractivity contribution in [2.75, 3.05) is 20.2 Å². The minimum Gasteiger partial charge on any atom is -0.530 e. The molecule has 1 aliphatic heterocycles. The standard InChI is InChI=1S/C21H25NO5/c1-14(23)21(2)13-22(20(24)25)12-17(21)15-9-10-18(26-3)19(11-15)27-16-7-5-4-6-8-16/h4-11,14,17,23H,12-13H2,1-3H3,(H,24,25)/p-1. The maximum atomic E-state index is 11.4. The Bertz CT molecular complexity index is 807. The molecule has 0 aromatic heterocycles. The molecule has 3 rings (SSSR count). The van der Waals surface area contributed by atoms with Crippen molar-refractivity contribution in [2.24, 2.45) is 5.41 Å². The summed E-state index contributed by atoms with van der Waals surface area (Å²) in [6, 6.07) is 14.9. The zero-order chi connectivity index (χ0) is 19.6. The van der Waals surface area contributed by atoms with Crippen LogP contribution in [0.5, 0.6) is 17.2 Å². The van der Waals surface area contributed by atoms with Crippen molar-refractivity contribution in [1.29, 1.82) is 0 Å². The van der Waals surface area contributed by atoms with Crippen LogP contribution in [0.2, 0.25) is 0 Å². The fourth-order valence-electron chi connectivity index (χ4n) is 3.67. The van der Waals surface area contributed by atoms with Crippen LogP contribution < -0.4 is 14.6 Å². The zero-order valence-electron chi connectivity index (χ0n) is 15.7. The van der Waals surface area contributed by atoms with Gasteiger partial charge in [0.25, 0.3) is 0 Å². The molecule has 1 heterocycles. The van der Waals surface area contributed by atoms with Gasteiger partial charge in [0.2, 0.25) is 0 Å². The SMILES string of the molecule is COc1ccc(C2CN(C(=O)[O-])CC2(C)C(C)O)cc1Oc1ccccc1. The summed E-state index contributed by atoms with van der Waals surface area (Å²) >= 11 is 0. The maximum absolute atomic E-state index is 11.4. The second kappa shape index (κ2) is 7.48. The number of aliphatic hydroxyl groups is 1. The highest BCUT2D eigenvalue weighted by atomic mass is 16.5. The second-order valence-corrected chi connectivity index (χ2v) is 7.21. The van der Waals surface area contributed by atoms with Gasteiger partial charge in [-0.2, -0.15) is 0 Å². The Balaban J connectivity index is 1.98. The molecule has 0 aliphatic carbocycles. The molecular weight excluding hydrogens is 346 g/mol. The van der Waals surface area contributed by atoms with Gasteiger partial charge in [0.1, 0.15) is 11.8 Å². The number of carbonyl (C=O) groups is 1. The van der Waals surface area contributed by atoms with E-state index >= 15 is 0 Å². The molecule has 6 nitrogen and oxygen atoms in total. The molecule has 1 aliphatic rings. The monoisotopic (exact) mass is 370 g/mol. The molecule has 2 aromatic rings. The van der Waals surface area contributed by atoms with Gasteiger partial charge in [-0.15, -0.1) is 0 Å². The third-order valence-corrected chi connectivity index (χ3v) is 5.50. The van der Waals surface area contributed by atoms with E-state index in [4.69, 9.17) is 9.47 Å². The molecule has 0 radical (unpaired) electrons. The first-order chi connectivity index (χ1) is 12.8. The highest BCUT2D eigenvalue weighted by Gasteiger charge is 2.47. The quantitative estimate of drug-likeness (QED) is 0.875. The molecule has 1 saturated heterocycles. The van der Waals surface area contributed by atoms with Crippen LogP contribution in [-0.4, -0.2) is 42.4 Å². The van der Waals surface area contributed by atoms with Gasteiger partial charge in [-0.05, 0) is 36.8 Å². The number of aliphatic hydroxyl groups excluding tert-OH is 1. The largest absolute Gasteiger partial charge is 0.530 e. The third kappa shape index (κ3) is 3.71. The topological polar surface area (TPSA) is 82.1 Å². The number of amides is 1. The normalized spacial score (nSPS) is 23.1. The lowest BCUT2D eigenvalue weighted by atomic mass is 9.72. The number of para-hydroxylation sites is 1. The first kappa shape index (κ1) is 19.0. The van der Waals surface area contributed by atoms with Crippen molar-refractivity contribution in [3.8, 4) is 17.2 Å².